The van der Waals surface area contributed by atoms with Gasteiger partial charge >= 0.3 is 10.4 Å². The molecule has 2 N–H and O–H groups in total. The maximum atomic E-state index is 10.4. The standard InChI is InChI=1S/C8H18O5S/c1-3-5-7(9)6-8(4-2)13-14(10,11)12/h7-9H,3-6H2,1-2H3,(H,10,11,12). The molecule has 0 fully saturated rings. The molecule has 2 unspecified atom stereocenters. The lowest BCUT2D eigenvalue weighted by atomic mass is 10.1. The van der Waals surface area contributed by atoms with E-state index in [1.807, 2.05) is 6.92 Å². The van der Waals surface area contributed by atoms with Crippen molar-refractivity contribution in [3.8, 4) is 0 Å². The van der Waals surface area contributed by atoms with Gasteiger partial charge in [-0.1, -0.05) is 20.3 Å². The summed E-state index contributed by atoms with van der Waals surface area (Å²) in [6.45, 7) is 3.66. The Kier molecular flexibility index (Phi) is 6.26. The van der Waals surface area contributed by atoms with E-state index in [-0.39, 0.29) is 6.42 Å². The smallest absolute Gasteiger partial charge is 0.393 e. The van der Waals surface area contributed by atoms with Crippen LogP contribution in [0.1, 0.15) is 39.5 Å². The van der Waals surface area contributed by atoms with Gasteiger partial charge in [0.2, 0.25) is 0 Å². The molecule has 0 rings (SSSR count). The minimum Gasteiger partial charge on any atom is -0.393 e. The van der Waals surface area contributed by atoms with Gasteiger partial charge in [0.25, 0.3) is 0 Å². The normalized spacial score (nSPS) is 16.6. The van der Waals surface area contributed by atoms with E-state index in [4.69, 9.17) is 4.55 Å². The molecule has 86 valence electrons. The van der Waals surface area contributed by atoms with Crippen molar-refractivity contribution in [2.24, 2.45) is 0 Å². The molecule has 2 atom stereocenters. The quantitative estimate of drug-likeness (QED) is 0.636. The van der Waals surface area contributed by atoms with Crippen LogP contribution >= 0.6 is 0 Å². The second kappa shape index (κ2) is 6.34. The summed E-state index contributed by atoms with van der Waals surface area (Å²) in [6.07, 6.45) is 0.859. The third-order valence-electron chi connectivity index (χ3n) is 1.87. The van der Waals surface area contributed by atoms with Crippen LogP contribution in [0.3, 0.4) is 0 Å². The molecule has 0 aliphatic heterocycles. The van der Waals surface area contributed by atoms with Crippen LogP contribution in [0.25, 0.3) is 0 Å². The average Bonchev–Trinajstić information content (AvgIpc) is 2.01. The van der Waals surface area contributed by atoms with Crippen molar-refractivity contribution in [2.45, 2.75) is 51.7 Å². The molecule has 14 heavy (non-hydrogen) atoms. The van der Waals surface area contributed by atoms with Gasteiger partial charge in [-0.05, 0) is 12.8 Å². The molecule has 0 aliphatic carbocycles. The molecule has 0 aromatic carbocycles. The first kappa shape index (κ1) is 13.8. The van der Waals surface area contributed by atoms with Crippen LogP contribution in [0.2, 0.25) is 0 Å². The first-order valence-corrected chi connectivity index (χ1v) is 6.09. The second-order valence-corrected chi connectivity index (χ2v) is 4.28. The summed E-state index contributed by atoms with van der Waals surface area (Å²) in [4.78, 5) is 0. The molecule has 0 saturated carbocycles. The van der Waals surface area contributed by atoms with E-state index in [0.717, 1.165) is 6.42 Å². The van der Waals surface area contributed by atoms with Crippen molar-refractivity contribution in [1.82, 2.24) is 0 Å². The van der Waals surface area contributed by atoms with Gasteiger partial charge in [0, 0.05) is 6.42 Å². The van der Waals surface area contributed by atoms with E-state index in [2.05, 4.69) is 4.18 Å². The van der Waals surface area contributed by atoms with Crippen LogP contribution in [-0.2, 0) is 14.6 Å². The molecule has 0 radical (unpaired) electrons. The first-order chi connectivity index (χ1) is 6.39. The molecular weight excluding hydrogens is 208 g/mol. The number of aliphatic hydroxyl groups excluding tert-OH is 1. The van der Waals surface area contributed by atoms with Crippen LogP contribution in [-0.4, -0.2) is 30.3 Å². The largest absolute Gasteiger partial charge is 0.397 e. The molecule has 0 aliphatic rings. The SMILES string of the molecule is CCCC(O)CC(CC)OS(=O)(=O)O. The Balaban J connectivity index is 4.03. The van der Waals surface area contributed by atoms with Gasteiger partial charge < -0.3 is 5.11 Å². The first-order valence-electron chi connectivity index (χ1n) is 4.72. The lowest BCUT2D eigenvalue weighted by molar-refractivity contribution is 0.0829. The number of hydrogen-bond acceptors (Lipinski definition) is 4. The van der Waals surface area contributed by atoms with Crippen LogP contribution in [0.4, 0.5) is 0 Å². The summed E-state index contributed by atoms with van der Waals surface area (Å²) in [5.41, 5.74) is 0. The minimum absolute atomic E-state index is 0.226. The molecular formula is C8H18O5S. The average molecular weight is 226 g/mol. The number of aliphatic hydroxyl groups is 1. The van der Waals surface area contributed by atoms with Crippen molar-refractivity contribution in [1.29, 1.82) is 0 Å². The van der Waals surface area contributed by atoms with E-state index < -0.39 is 22.6 Å². The van der Waals surface area contributed by atoms with E-state index in [9.17, 15) is 13.5 Å². The van der Waals surface area contributed by atoms with Crippen molar-refractivity contribution in [3.63, 3.8) is 0 Å². The van der Waals surface area contributed by atoms with Gasteiger partial charge in [-0.3, -0.25) is 4.55 Å². The molecule has 0 saturated heterocycles. The summed E-state index contributed by atoms with van der Waals surface area (Å²) >= 11 is 0. The molecule has 0 spiro atoms. The van der Waals surface area contributed by atoms with Crippen LogP contribution < -0.4 is 0 Å². The fourth-order valence-electron chi connectivity index (χ4n) is 1.20. The molecule has 5 nitrogen and oxygen atoms in total. The summed E-state index contributed by atoms with van der Waals surface area (Å²) in [6, 6.07) is 0. The molecule has 6 heteroatoms. The summed E-state index contributed by atoms with van der Waals surface area (Å²) < 4.78 is 33.6. The van der Waals surface area contributed by atoms with Gasteiger partial charge in [0.05, 0.1) is 12.2 Å². The number of rotatable bonds is 7. The highest BCUT2D eigenvalue weighted by molar-refractivity contribution is 7.80. The fourth-order valence-corrected chi connectivity index (χ4v) is 1.76. The lowest BCUT2D eigenvalue weighted by Gasteiger charge is -2.16. The minimum atomic E-state index is -4.41. The fraction of sp³-hybridized carbons (Fsp3) is 1.00. The predicted molar refractivity (Wildman–Crippen MR) is 52.2 cm³/mol. The third kappa shape index (κ3) is 7.25. The predicted octanol–water partition coefficient (Wildman–Crippen LogP) is 1.14. The second-order valence-electron chi connectivity index (χ2n) is 3.23. The zero-order valence-electron chi connectivity index (χ0n) is 8.51. The highest BCUT2D eigenvalue weighted by Gasteiger charge is 2.18. The van der Waals surface area contributed by atoms with E-state index in [1.54, 1.807) is 6.92 Å². The topological polar surface area (TPSA) is 83.8 Å². The number of hydrogen-bond donors (Lipinski definition) is 2. The molecule has 0 amide bonds. The van der Waals surface area contributed by atoms with Crippen molar-refractivity contribution < 1.29 is 22.3 Å². The highest BCUT2D eigenvalue weighted by Crippen LogP contribution is 2.12. The van der Waals surface area contributed by atoms with E-state index in [0.29, 0.717) is 12.8 Å². The van der Waals surface area contributed by atoms with E-state index >= 15 is 0 Å². The van der Waals surface area contributed by atoms with Gasteiger partial charge in [-0.25, -0.2) is 4.18 Å². The van der Waals surface area contributed by atoms with Crippen molar-refractivity contribution in [3.05, 3.63) is 0 Å². The summed E-state index contributed by atoms with van der Waals surface area (Å²) in [5, 5.41) is 9.39. The molecule has 0 aromatic heterocycles. The monoisotopic (exact) mass is 226 g/mol. The van der Waals surface area contributed by atoms with Crippen LogP contribution in [0, 0.1) is 0 Å². The third-order valence-corrected chi connectivity index (χ3v) is 2.39. The van der Waals surface area contributed by atoms with Crippen LogP contribution in [0.5, 0.6) is 0 Å². The summed E-state index contributed by atoms with van der Waals surface area (Å²) in [5.74, 6) is 0. The van der Waals surface area contributed by atoms with Gasteiger partial charge in [-0.2, -0.15) is 8.42 Å². The summed E-state index contributed by atoms with van der Waals surface area (Å²) in [7, 11) is -4.41. The Morgan fingerprint density at radius 1 is 1.36 bits per heavy atom. The Morgan fingerprint density at radius 2 is 1.93 bits per heavy atom. The molecule has 0 aromatic rings. The Morgan fingerprint density at radius 3 is 2.29 bits per heavy atom. The van der Waals surface area contributed by atoms with Gasteiger partial charge in [0.15, 0.2) is 0 Å². The van der Waals surface area contributed by atoms with E-state index in [1.165, 1.54) is 0 Å². The maximum Gasteiger partial charge on any atom is 0.397 e. The zero-order chi connectivity index (χ0) is 11.2. The highest BCUT2D eigenvalue weighted by atomic mass is 32.3. The van der Waals surface area contributed by atoms with Crippen molar-refractivity contribution in [2.75, 3.05) is 0 Å². The van der Waals surface area contributed by atoms with Gasteiger partial charge in [0.1, 0.15) is 0 Å². The Labute approximate surface area is 85.0 Å². The van der Waals surface area contributed by atoms with Crippen LogP contribution in [0.15, 0.2) is 0 Å². The Hall–Kier alpha value is -0.170. The Bertz CT molecular complexity index is 236. The molecule has 0 bridgehead atoms. The van der Waals surface area contributed by atoms with Crippen molar-refractivity contribution >= 4 is 10.4 Å². The lowest BCUT2D eigenvalue weighted by Crippen LogP contribution is -2.23. The molecule has 0 heterocycles. The maximum absolute atomic E-state index is 10.4. The zero-order valence-corrected chi connectivity index (χ0v) is 9.33. The van der Waals surface area contributed by atoms with Gasteiger partial charge in [-0.15, -0.1) is 0 Å².